The quantitative estimate of drug-likeness (QED) is 0.742. The fourth-order valence-electron chi connectivity index (χ4n) is 3.30. The lowest BCUT2D eigenvalue weighted by Gasteiger charge is -2.42. The normalized spacial score (nSPS) is 27.8. The fraction of sp³-hybridized carbons (Fsp3) is 1.00. The summed E-state index contributed by atoms with van der Waals surface area (Å²) in [4.78, 5) is 2.47. The Morgan fingerprint density at radius 3 is 2.60 bits per heavy atom. The number of hydrogen-bond acceptors (Lipinski definition) is 4. The van der Waals surface area contributed by atoms with Gasteiger partial charge in [0, 0.05) is 39.4 Å². The third kappa shape index (κ3) is 5.68. The number of nitrogens with zero attached hydrogens (tertiary/aromatic N) is 1. The molecule has 20 heavy (non-hydrogen) atoms. The zero-order valence-corrected chi connectivity index (χ0v) is 14.0. The molecule has 0 amide bonds. The largest absolute Gasteiger partial charge is 0.383 e. The van der Waals surface area contributed by atoms with Gasteiger partial charge in [-0.2, -0.15) is 0 Å². The van der Waals surface area contributed by atoms with Crippen molar-refractivity contribution in [1.29, 1.82) is 0 Å². The van der Waals surface area contributed by atoms with E-state index in [0.29, 0.717) is 23.4 Å². The van der Waals surface area contributed by atoms with Crippen molar-refractivity contribution in [3.63, 3.8) is 0 Å². The molecule has 0 heterocycles. The van der Waals surface area contributed by atoms with E-state index in [1.807, 2.05) is 0 Å². The molecule has 0 spiro atoms. The summed E-state index contributed by atoms with van der Waals surface area (Å²) in [5.41, 5.74) is 6.79. The highest BCUT2D eigenvalue weighted by atomic mass is 16.5. The first-order valence-electron chi connectivity index (χ1n) is 7.87. The number of ether oxygens (including phenoxy) is 2. The van der Waals surface area contributed by atoms with Crippen LogP contribution in [0.3, 0.4) is 0 Å². The monoisotopic (exact) mass is 286 g/mol. The molecule has 3 atom stereocenters. The third-order valence-corrected chi connectivity index (χ3v) is 4.66. The van der Waals surface area contributed by atoms with Crippen LogP contribution in [0.15, 0.2) is 0 Å². The van der Waals surface area contributed by atoms with E-state index in [1.54, 1.807) is 14.2 Å². The van der Waals surface area contributed by atoms with Gasteiger partial charge in [0.25, 0.3) is 0 Å². The average Bonchev–Trinajstić information content (AvgIpc) is 2.38. The number of nitrogens with two attached hydrogens (primary N) is 1. The zero-order chi connectivity index (χ0) is 15.2. The van der Waals surface area contributed by atoms with Gasteiger partial charge in [-0.05, 0) is 37.5 Å². The van der Waals surface area contributed by atoms with E-state index in [4.69, 9.17) is 15.2 Å². The average molecular weight is 286 g/mol. The van der Waals surface area contributed by atoms with Crippen LogP contribution in [0.5, 0.6) is 0 Å². The molecule has 0 aromatic carbocycles. The first-order valence-corrected chi connectivity index (χ1v) is 7.87. The minimum absolute atomic E-state index is 0.336. The summed E-state index contributed by atoms with van der Waals surface area (Å²) in [6.45, 7) is 10.5. The summed E-state index contributed by atoms with van der Waals surface area (Å²) < 4.78 is 10.6. The lowest BCUT2D eigenvalue weighted by molar-refractivity contribution is 0.0444. The Morgan fingerprint density at radius 1 is 1.30 bits per heavy atom. The van der Waals surface area contributed by atoms with Gasteiger partial charge in [-0.3, -0.25) is 4.90 Å². The SMILES string of the molecule is COCCN(CC1CC(C)(C)CCC1N)C(C)COC. The van der Waals surface area contributed by atoms with Crippen LogP contribution in [0.25, 0.3) is 0 Å². The minimum atomic E-state index is 0.336. The van der Waals surface area contributed by atoms with E-state index in [-0.39, 0.29) is 0 Å². The van der Waals surface area contributed by atoms with Crippen molar-refractivity contribution in [3.05, 3.63) is 0 Å². The zero-order valence-electron chi connectivity index (χ0n) is 14.0. The van der Waals surface area contributed by atoms with Crippen LogP contribution in [0, 0.1) is 11.3 Å². The van der Waals surface area contributed by atoms with Gasteiger partial charge < -0.3 is 15.2 Å². The molecule has 1 rings (SSSR count). The van der Waals surface area contributed by atoms with Crippen molar-refractivity contribution >= 4 is 0 Å². The van der Waals surface area contributed by atoms with Gasteiger partial charge in [0.1, 0.15) is 0 Å². The minimum Gasteiger partial charge on any atom is -0.383 e. The van der Waals surface area contributed by atoms with Crippen molar-refractivity contribution in [2.45, 2.75) is 52.1 Å². The number of methoxy groups -OCH3 is 2. The molecule has 4 nitrogen and oxygen atoms in total. The summed E-state index contributed by atoms with van der Waals surface area (Å²) in [6, 6.07) is 0.746. The van der Waals surface area contributed by atoms with Crippen molar-refractivity contribution in [2.24, 2.45) is 17.1 Å². The smallest absolute Gasteiger partial charge is 0.0615 e. The van der Waals surface area contributed by atoms with Crippen molar-refractivity contribution in [1.82, 2.24) is 4.90 Å². The van der Waals surface area contributed by atoms with E-state index in [9.17, 15) is 0 Å². The molecule has 1 fully saturated rings. The highest BCUT2D eigenvalue weighted by Gasteiger charge is 2.34. The molecule has 3 unspecified atom stereocenters. The molecule has 1 aliphatic carbocycles. The topological polar surface area (TPSA) is 47.7 Å². The molecule has 0 bridgehead atoms. The van der Waals surface area contributed by atoms with Gasteiger partial charge in [-0.25, -0.2) is 0 Å². The standard InChI is InChI=1S/C16H34N2O2/c1-13(12-20-5)18(8-9-19-4)11-14-10-16(2,3)7-6-15(14)17/h13-15H,6-12,17H2,1-5H3. The summed E-state index contributed by atoms with van der Waals surface area (Å²) in [7, 11) is 3.52. The van der Waals surface area contributed by atoms with Gasteiger partial charge in [0.2, 0.25) is 0 Å². The molecule has 0 aliphatic heterocycles. The van der Waals surface area contributed by atoms with Crippen molar-refractivity contribution < 1.29 is 9.47 Å². The molecule has 0 saturated heterocycles. The Labute approximate surface area is 125 Å². The molecular weight excluding hydrogens is 252 g/mol. The summed E-state index contributed by atoms with van der Waals surface area (Å²) in [6.07, 6.45) is 3.61. The molecule has 2 N–H and O–H groups in total. The Hall–Kier alpha value is -0.160. The van der Waals surface area contributed by atoms with Crippen molar-refractivity contribution in [2.75, 3.05) is 40.5 Å². The molecule has 0 radical (unpaired) electrons. The highest BCUT2D eigenvalue weighted by molar-refractivity contribution is 4.89. The predicted molar refractivity (Wildman–Crippen MR) is 83.9 cm³/mol. The maximum atomic E-state index is 6.36. The summed E-state index contributed by atoms with van der Waals surface area (Å²) in [5, 5.41) is 0. The van der Waals surface area contributed by atoms with E-state index < -0.39 is 0 Å². The van der Waals surface area contributed by atoms with Crippen molar-refractivity contribution in [3.8, 4) is 0 Å². The number of hydrogen-bond donors (Lipinski definition) is 1. The number of rotatable bonds is 8. The first-order chi connectivity index (χ1) is 9.39. The van der Waals surface area contributed by atoms with Crippen LogP contribution in [-0.2, 0) is 9.47 Å². The molecular formula is C16H34N2O2. The fourth-order valence-corrected chi connectivity index (χ4v) is 3.30. The van der Waals surface area contributed by atoms with E-state index >= 15 is 0 Å². The van der Waals surface area contributed by atoms with Crippen LogP contribution < -0.4 is 5.73 Å². The van der Waals surface area contributed by atoms with E-state index in [1.165, 1.54) is 12.8 Å². The van der Waals surface area contributed by atoms with Crippen LogP contribution in [0.2, 0.25) is 0 Å². The summed E-state index contributed by atoms with van der Waals surface area (Å²) in [5.74, 6) is 0.579. The second-order valence-corrected chi connectivity index (χ2v) is 7.12. The Morgan fingerprint density at radius 2 is 2.00 bits per heavy atom. The van der Waals surface area contributed by atoms with Gasteiger partial charge in [0.15, 0.2) is 0 Å². The molecule has 1 saturated carbocycles. The van der Waals surface area contributed by atoms with E-state index in [0.717, 1.165) is 32.7 Å². The second kappa shape index (κ2) is 8.32. The summed E-state index contributed by atoms with van der Waals surface area (Å²) >= 11 is 0. The third-order valence-electron chi connectivity index (χ3n) is 4.66. The molecule has 1 aliphatic rings. The Bertz CT molecular complexity index is 271. The van der Waals surface area contributed by atoms with Gasteiger partial charge >= 0.3 is 0 Å². The molecule has 120 valence electrons. The Balaban J connectivity index is 2.61. The predicted octanol–water partition coefficient (Wildman–Crippen LogP) is 2.12. The second-order valence-electron chi connectivity index (χ2n) is 7.12. The molecule has 0 aromatic rings. The van der Waals surface area contributed by atoms with Crippen LogP contribution in [0.1, 0.15) is 40.0 Å². The lowest BCUT2D eigenvalue weighted by Crippen LogP contribution is -2.48. The molecule has 4 heteroatoms. The van der Waals surface area contributed by atoms with Gasteiger partial charge in [0.05, 0.1) is 13.2 Å². The highest BCUT2D eigenvalue weighted by Crippen LogP contribution is 2.38. The van der Waals surface area contributed by atoms with Gasteiger partial charge in [-0.1, -0.05) is 13.8 Å². The maximum Gasteiger partial charge on any atom is 0.0615 e. The Kier molecular flexibility index (Phi) is 7.45. The van der Waals surface area contributed by atoms with Gasteiger partial charge in [-0.15, -0.1) is 0 Å². The van der Waals surface area contributed by atoms with E-state index in [2.05, 4.69) is 25.7 Å². The maximum absolute atomic E-state index is 6.36. The van der Waals surface area contributed by atoms with Crippen LogP contribution in [0.4, 0.5) is 0 Å². The first kappa shape index (κ1) is 17.9. The lowest BCUT2D eigenvalue weighted by atomic mass is 9.70. The van der Waals surface area contributed by atoms with Crippen LogP contribution in [-0.4, -0.2) is 57.5 Å². The van der Waals surface area contributed by atoms with Crippen LogP contribution >= 0.6 is 0 Å². The molecule has 0 aromatic heterocycles.